The summed E-state index contributed by atoms with van der Waals surface area (Å²) in [6.07, 6.45) is 6.36. The Morgan fingerprint density at radius 1 is 1.05 bits per heavy atom. The molecule has 61 heavy (non-hydrogen) atoms. The Hall–Kier alpha value is -4.79. The number of hydrogen-bond acceptors (Lipinski definition) is 11. The van der Waals surface area contributed by atoms with Crippen LogP contribution in [0.3, 0.4) is 0 Å². The van der Waals surface area contributed by atoms with E-state index in [9.17, 15) is 14.7 Å². The summed E-state index contributed by atoms with van der Waals surface area (Å²) in [5, 5.41) is 14.4. The van der Waals surface area contributed by atoms with Crippen LogP contribution >= 0.6 is 0 Å². The molecule has 9 rings (SSSR count). The number of aromatic amines is 1. The van der Waals surface area contributed by atoms with Crippen molar-refractivity contribution in [3.05, 3.63) is 82.6 Å². The minimum absolute atomic E-state index is 0.0196. The molecule has 6 heterocycles. The lowest BCUT2D eigenvalue weighted by molar-refractivity contribution is -0.232. The van der Waals surface area contributed by atoms with Crippen molar-refractivity contribution in [2.24, 2.45) is 11.3 Å². The number of methoxy groups -OCH3 is 2. The van der Waals surface area contributed by atoms with Crippen molar-refractivity contribution in [1.82, 2.24) is 14.8 Å². The Kier molecular flexibility index (Phi) is 9.80. The monoisotopic (exact) mass is 842 g/mol. The number of nitrogens with one attached hydrogen (secondary N) is 1. The normalized spacial score (nSPS) is 33.9. The number of benzene rings is 2. The van der Waals surface area contributed by atoms with Gasteiger partial charge >= 0.3 is 17.9 Å². The molecule has 2 bridgehead atoms. The third-order valence-electron chi connectivity index (χ3n) is 15.2. The molecule has 5 aliphatic heterocycles. The molecule has 2 fully saturated rings. The second-order valence-corrected chi connectivity index (χ2v) is 18.4. The number of alkyl halides is 2. The molecule has 1 saturated heterocycles. The zero-order valence-corrected chi connectivity index (χ0v) is 36.0. The summed E-state index contributed by atoms with van der Waals surface area (Å²) in [5.41, 5.74) is -0.770. The smallest absolute Gasteiger partial charge is 0.322 e. The third kappa shape index (κ3) is 5.80. The summed E-state index contributed by atoms with van der Waals surface area (Å²) in [7, 11) is 4.80. The molecule has 1 aliphatic carbocycles. The zero-order chi connectivity index (χ0) is 43.4. The van der Waals surface area contributed by atoms with Crippen LogP contribution < -0.4 is 9.64 Å². The van der Waals surface area contributed by atoms with Gasteiger partial charge in [-0.15, -0.1) is 0 Å². The van der Waals surface area contributed by atoms with Crippen LogP contribution in [0, 0.1) is 11.3 Å². The number of halogens is 2. The van der Waals surface area contributed by atoms with Gasteiger partial charge in [0.05, 0.1) is 20.3 Å². The van der Waals surface area contributed by atoms with Crippen molar-refractivity contribution in [3.63, 3.8) is 0 Å². The molecule has 2 aromatic carbocycles. The average Bonchev–Trinajstić information content (AvgIpc) is 3.89. The maximum absolute atomic E-state index is 15.3. The van der Waals surface area contributed by atoms with Crippen molar-refractivity contribution in [2.45, 2.75) is 93.9 Å². The number of fused-ring (bicyclic) bond motifs is 6. The molecule has 1 saturated carbocycles. The maximum Gasteiger partial charge on any atom is 0.322 e. The van der Waals surface area contributed by atoms with Gasteiger partial charge in [0.15, 0.2) is 5.60 Å². The van der Waals surface area contributed by atoms with Crippen molar-refractivity contribution in [1.29, 1.82) is 0 Å². The van der Waals surface area contributed by atoms with Crippen LogP contribution in [0.2, 0.25) is 0 Å². The molecule has 6 aliphatic rings. The summed E-state index contributed by atoms with van der Waals surface area (Å²) in [4.78, 5) is 51.1. The number of para-hydroxylation sites is 1. The van der Waals surface area contributed by atoms with Crippen molar-refractivity contribution in [2.75, 3.05) is 65.5 Å². The molecule has 1 aromatic heterocycles. The van der Waals surface area contributed by atoms with Crippen LogP contribution in [0.1, 0.15) is 69.3 Å². The van der Waals surface area contributed by atoms with Crippen LogP contribution in [0.25, 0.3) is 10.9 Å². The largest absolute Gasteiger partial charge is 0.496 e. The van der Waals surface area contributed by atoms with Gasteiger partial charge in [0.1, 0.15) is 23.9 Å². The second-order valence-electron chi connectivity index (χ2n) is 18.4. The second kappa shape index (κ2) is 14.4. The zero-order valence-electron chi connectivity index (χ0n) is 36.0. The first-order valence-corrected chi connectivity index (χ1v) is 21.4. The van der Waals surface area contributed by atoms with E-state index in [4.69, 9.17) is 18.9 Å². The number of H-pyrrole nitrogens is 1. The number of anilines is 1. The highest BCUT2D eigenvalue weighted by molar-refractivity contribution is 5.94. The van der Waals surface area contributed by atoms with E-state index in [-0.39, 0.29) is 24.6 Å². The molecule has 326 valence electrons. The van der Waals surface area contributed by atoms with Gasteiger partial charge in [-0.1, -0.05) is 43.4 Å². The van der Waals surface area contributed by atoms with Crippen LogP contribution in [-0.2, 0) is 45.8 Å². The van der Waals surface area contributed by atoms with E-state index >= 15 is 13.6 Å². The molecule has 1 spiro atoms. The number of esters is 3. The Morgan fingerprint density at radius 2 is 1.82 bits per heavy atom. The van der Waals surface area contributed by atoms with Gasteiger partial charge in [-0.05, 0) is 61.4 Å². The number of carbonyl (C=O) groups excluding carboxylic acids is 3. The van der Waals surface area contributed by atoms with Crippen molar-refractivity contribution >= 4 is 34.5 Å². The number of ether oxygens (including phenoxy) is 4. The van der Waals surface area contributed by atoms with Gasteiger partial charge in [0.25, 0.3) is 5.92 Å². The SMILES string of the molecule is CC[C@]12C=CCN3CC[C@@]4(c5cc([C@@]6(C(=O)OC)C[C@@H]7C=C(C(C)(F)F)CN(CCc8c6[nH]c6ccccc86)C7)c(OC)cc5N(C)[C@H]4C(O)(COC(C)=O)[C@@H]1OC(C)=O)[C@@H]32. The molecule has 9 atom stereocenters. The minimum atomic E-state index is -3.06. The fourth-order valence-corrected chi connectivity index (χ4v) is 13.1. The Labute approximate surface area is 354 Å². The fraction of sp³-hybridized carbons (Fsp3) is 0.553. The van der Waals surface area contributed by atoms with Crippen LogP contribution in [0.15, 0.2) is 60.2 Å². The number of carbonyl (C=O) groups is 3. The Bertz CT molecular complexity index is 2370. The van der Waals surface area contributed by atoms with Gasteiger partial charge in [-0.25, -0.2) is 8.78 Å². The van der Waals surface area contributed by atoms with E-state index in [1.165, 1.54) is 21.0 Å². The average molecular weight is 843 g/mol. The topological polar surface area (TPSA) is 134 Å². The Balaban J connectivity index is 1.36. The first-order chi connectivity index (χ1) is 29.0. The number of rotatable bonds is 8. The molecule has 12 nitrogen and oxygen atoms in total. The van der Waals surface area contributed by atoms with E-state index in [0.717, 1.165) is 34.6 Å². The lowest BCUT2D eigenvalue weighted by Gasteiger charge is -2.64. The molecule has 0 radical (unpaired) electrons. The number of likely N-dealkylation sites (N-methyl/N-ethyl adjacent to an activating group) is 1. The predicted molar refractivity (Wildman–Crippen MR) is 224 cm³/mol. The summed E-state index contributed by atoms with van der Waals surface area (Å²) in [6.45, 7) is 7.52. The molecular weight excluding hydrogens is 787 g/mol. The molecule has 0 amide bonds. The molecular formula is C47H56F2N4O8. The highest BCUT2D eigenvalue weighted by atomic mass is 19.3. The molecule has 2 unspecified atom stereocenters. The van der Waals surface area contributed by atoms with Crippen LogP contribution in [0.4, 0.5) is 14.5 Å². The highest BCUT2D eigenvalue weighted by Crippen LogP contribution is 2.68. The van der Waals surface area contributed by atoms with Crippen LogP contribution in [-0.4, -0.2) is 128 Å². The van der Waals surface area contributed by atoms with Gasteiger partial charge in [-0.2, -0.15) is 0 Å². The highest BCUT2D eigenvalue weighted by Gasteiger charge is 2.78. The van der Waals surface area contributed by atoms with E-state index < -0.39 is 70.3 Å². The first kappa shape index (κ1) is 41.6. The van der Waals surface area contributed by atoms with Crippen molar-refractivity contribution < 1.29 is 47.2 Å². The molecule has 2 N–H and O–H groups in total. The van der Waals surface area contributed by atoms with E-state index in [0.29, 0.717) is 62.4 Å². The fourth-order valence-electron chi connectivity index (χ4n) is 13.1. The standard InChI is InChI=1S/C47H56F2N4O8/c1-8-44-15-11-17-53-19-16-45(39(44)53)33-21-34(37(58-6)22-36(33)51(5)40(45)47(57,26-60-27(2)54)41(44)61-28(3)55)46(42(56)59-7)23-29-20-30(43(4,48)49)25-52(24-29)18-14-32-31-12-9-10-13-35(31)50-38(32)46/h9-13,15,20-22,29,39-41,50,57H,8,14,16-19,23-26H2,1-7H3/t29-,39-,40+,41+,44+,45+,46-,47?/m0/s1. The lowest BCUT2D eigenvalue weighted by Crippen LogP contribution is -2.80. The minimum Gasteiger partial charge on any atom is -0.496 e. The summed E-state index contributed by atoms with van der Waals surface area (Å²) in [6, 6.07) is 10.8. The lowest BCUT2D eigenvalue weighted by atomic mass is 9.47. The van der Waals surface area contributed by atoms with E-state index in [2.05, 4.69) is 33.0 Å². The first-order valence-electron chi connectivity index (χ1n) is 21.4. The van der Waals surface area contributed by atoms with E-state index in [1.54, 1.807) is 13.2 Å². The Morgan fingerprint density at radius 3 is 2.51 bits per heavy atom. The number of aromatic nitrogens is 1. The van der Waals surface area contributed by atoms with Crippen LogP contribution in [0.5, 0.6) is 5.75 Å². The quantitative estimate of drug-likeness (QED) is 0.171. The van der Waals surface area contributed by atoms with Gasteiger partial charge in [-0.3, -0.25) is 24.2 Å². The van der Waals surface area contributed by atoms with Gasteiger partial charge in [0.2, 0.25) is 0 Å². The maximum atomic E-state index is 15.3. The van der Waals surface area contributed by atoms with Crippen molar-refractivity contribution in [3.8, 4) is 5.75 Å². The van der Waals surface area contributed by atoms with Gasteiger partial charge < -0.3 is 33.9 Å². The van der Waals surface area contributed by atoms with E-state index in [1.807, 2.05) is 49.2 Å². The third-order valence-corrected chi connectivity index (χ3v) is 15.2. The summed E-state index contributed by atoms with van der Waals surface area (Å²) in [5.74, 6) is -4.87. The predicted octanol–water partition coefficient (Wildman–Crippen LogP) is 5.43. The number of aliphatic hydroxyl groups is 1. The summed E-state index contributed by atoms with van der Waals surface area (Å²) < 4.78 is 54.8. The van der Waals surface area contributed by atoms with Gasteiger partial charge in [0, 0.05) is 110 Å². The molecule has 14 heteroatoms. The number of nitrogens with zero attached hydrogens (tertiary/aromatic N) is 3. The number of hydrogen-bond donors (Lipinski definition) is 2. The molecule has 3 aromatic rings. The summed E-state index contributed by atoms with van der Waals surface area (Å²) >= 11 is 0.